The van der Waals surface area contributed by atoms with E-state index in [2.05, 4.69) is 9.88 Å². The topological polar surface area (TPSA) is 101 Å². The number of nitrogen functional groups attached to an aromatic ring is 1. The van der Waals surface area contributed by atoms with Gasteiger partial charge in [0.05, 0.1) is 33.0 Å². The number of fused-ring (bicyclic) bond motifs is 5. The Morgan fingerprint density at radius 1 is 1.23 bits per heavy atom. The first-order chi connectivity index (χ1) is 20.7. The van der Waals surface area contributed by atoms with E-state index in [4.69, 9.17) is 31.8 Å². The maximum absolute atomic E-state index is 16.8. The molecular weight excluding hydrogens is 601 g/mol. The highest BCUT2D eigenvalue weighted by Crippen LogP contribution is 2.46. The second-order valence-corrected chi connectivity index (χ2v) is 13.4. The van der Waals surface area contributed by atoms with Gasteiger partial charge in [-0.15, -0.1) is 11.3 Å². The van der Waals surface area contributed by atoms with Crippen LogP contribution in [-0.4, -0.2) is 71.6 Å². The van der Waals surface area contributed by atoms with Crippen LogP contribution in [0.25, 0.3) is 32.1 Å². The van der Waals surface area contributed by atoms with Crippen LogP contribution in [-0.2, 0) is 4.74 Å². The molecule has 5 saturated heterocycles. The number of alkyl halides is 1. The second kappa shape index (κ2) is 9.82. The van der Waals surface area contributed by atoms with Gasteiger partial charge in [-0.25, -0.2) is 13.2 Å². The molecule has 4 unspecified atom stereocenters. The van der Waals surface area contributed by atoms with Crippen molar-refractivity contribution < 1.29 is 22.6 Å². The van der Waals surface area contributed by atoms with Crippen molar-refractivity contribution in [2.75, 3.05) is 43.4 Å². The fourth-order valence-corrected chi connectivity index (χ4v) is 8.64. The maximum Gasteiger partial charge on any atom is 0.319 e. The highest BCUT2D eigenvalue weighted by atomic mass is 35.5. The fourth-order valence-electron chi connectivity index (χ4n) is 7.40. The monoisotopic (exact) mass is 626 g/mol. The minimum atomic E-state index is -0.920. The molecule has 2 aromatic heterocycles. The molecule has 2 aromatic carbocycles. The number of piperidine rings is 1. The van der Waals surface area contributed by atoms with Gasteiger partial charge in [-0.1, -0.05) is 17.7 Å². The van der Waals surface area contributed by atoms with E-state index < -0.39 is 23.3 Å². The number of anilines is 2. The molecule has 0 amide bonds. The minimum absolute atomic E-state index is 0.0138. The predicted octanol–water partition coefficient (Wildman–Crippen LogP) is 5.83. The van der Waals surface area contributed by atoms with E-state index in [1.807, 2.05) is 11.0 Å². The molecule has 2 bridgehead atoms. The van der Waals surface area contributed by atoms with Crippen molar-refractivity contribution in [2.24, 2.45) is 0 Å². The summed E-state index contributed by atoms with van der Waals surface area (Å²) in [4.78, 5) is 13.4. The van der Waals surface area contributed by atoms with E-state index >= 15 is 4.39 Å². The van der Waals surface area contributed by atoms with Gasteiger partial charge in [0.2, 0.25) is 0 Å². The minimum Gasteiger partial charge on any atom is -0.461 e. The largest absolute Gasteiger partial charge is 0.461 e. The third-order valence-corrected chi connectivity index (χ3v) is 10.7. The quantitative estimate of drug-likeness (QED) is 0.295. The third-order valence-electron chi connectivity index (χ3n) is 9.33. The number of morpholine rings is 1. The molecule has 7 heterocycles. The summed E-state index contributed by atoms with van der Waals surface area (Å²) in [5, 5.41) is 10.6. The number of thiophene rings is 1. The van der Waals surface area contributed by atoms with E-state index in [0.717, 1.165) is 37.1 Å². The Morgan fingerprint density at radius 2 is 2.02 bits per heavy atom. The van der Waals surface area contributed by atoms with Crippen LogP contribution >= 0.6 is 22.9 Å². The third kappa shape index (κ3) is 4.16. The van der Waals surface area contributed by atoms with Gasteiger partial charge in [0.15, 0.2) is 5.82 Å². The molecule has 4 aromatic rings. The van der Waals surface area contributed by atoms with Gasteiger partial charge in [0, 0.05) is 48.8 Å². The number of nitriles is 1. The van der Waals surface area contributed by atoms with E-state index in [0.29, 0.717) is 37.3 Å². The summed E-state index contributed by atoms with van der Waals surface area (Å²) in [6.45, 7) is 2.52. The van der Waals surface area contributed by atoms with Gasteiger partial charge in [-0.2, -0.15) is 15.2 Å². The zero-order valence-corrected chi connectivity index (χ0v) is 24.5. The average molecular weight is 627 g/mol. The zero-order valence-electron chi connectivity index (χ0n) is 22.9. The van der Waals surface area contributed by atoms with E-state index in [-0.39, 0.29) is 67.1 Å². The fraction of sp³-hybridized carbons (Fsp3) is 0.433. The lowest BCUT2D eigenvalue weighted by Crippen LogP contribution is -2.57. The standard InChI is InChI=1S/C30H26ClF3N6O2S/c31-20-7-18-25(24(34)23(20)17-2-3-21(33)26-22(17)19(9-35)27(36)43-26)37-29(38-28(18)39-11-15-6-16(12-39)42-15)41-13-30-4-1-5-40(30)10-14(32)8-30/h2-3,7,14-16H,1,4-6,8,10-13,36H2. The van der Waals surface area contributed by atoms with Gasteiger partial charge < -0.3 is 20.1 Å². The molecule has 8 nitrogen and oxygen atoms in total. The van der Waals surface area contributed by atoms with Crippen LogP contribution in [0, 0.1) is 23.0 Å². The smallest absolute Gasteiger partial charge is 0.319 e. The van der Waals surface area contributed by atoms with Crippen molar-refractivity contribution in [1.82, 2.24) is 14.9 Å². The number of ether oxygens (including phenoxy) is 2. The number of hydrogen-bond acceptors (Lipinski definition) is 9. The molecule has 5 aliphatic heterocycles. The maximum atomic E-state index is 16.8. The number of rotatable bonds is 5. The van der Waals surface area contributed by atoms with Crippen molar-refractivity contribution >= 4 is 54.7 Å². The van der Waals surface area contributed by atoms with Crippen LogP contribution in [0.2, 0.25) is 5.02 Å². The average Bonchev–Trinajstić information content (AvgIpc) is 3.62. The summed E-state index contributed by atoms with van der Waals surface area (Å²) in [5.41, 5.74) is 5.86. The Labute approximate surface area is 253 Å². The van der Waals surface area contributed by atoms with E-state index in [1.165, 1.54) is 12.1 Å². The molecule has 43 heavy (non-hydrogen) atoms. The van der Waals surface area contributed by atoms with Crippen LogP contribution in [0.1, 0.15) is 31.2 Å². The van der Waals surface area contributed by atoms with Crippen molar-refractivity contribution in [3.8, 4) is 23.2 Å². The molecule has 2 N–H and O–H groups in total. The summed E-state index contributed by atoms with van der Waals surface area (Å²) in [5.74, 6) is -0.841. The zero-order chi connectivity index (χ0) is 29.6. The molecule has 5 fully saturated rings. The van der Waals surface area contributed by atoms with Crippen molar-refractivity contribution in [2.45, 2.75) is 49.6 Å². The Hall–Kier alpha value is -3.37. The summed E-state index contributed by atoms with van der Waals surface area (Å²) in [6, 6.07) is 6.23. The number of nitrogens with zero attached hydrogens (tertiary/aromatic N) is 5. The first kappa shape index (κ1) is 27.2. The molecule has 222 valence electrons. The lowest BCUT2D eigenvalue weighted by Gasteiger charge is -2.47. The summed E-state index contributed by atoms with van der Waals surface area (Å²) in [6.07, 6.45) is 2.28. The van der Waals surface area contributed by atoms with Crippen molar-refractivity contribution in [1.29, 1.82) is 5.26 Å². The Balaban J connectivity index is 1.29. The van der Waals surface area contributed by atoms with Gasteiger partial charge in [-0.3, -0.25) is 4.90 Å². The van der Waals surface area contributed by atoms with Crippen molar-refractivity contribution in [3.63, 3.8) is 0 Å². The molecule has 0 spiro atoms. The van der Waals surface area contributed by atoms with Crippen LogP contribution in [0.5, 0.6) is 6.01 Å². The lowest BCUT2D eigenvalue weighted by molar-refractivity contribution is -0.133. The van der Waals surface area contributed by atoms with Crippen LogP contribution in [0.4, 0.5) is 24.0 Å². The van der Waals surface area contributed by atoms with Gasteiger partial charge in [0.25, 0.3) is 0 Å². The number of halogens is 4. The van der Waals surface area contributed by atoms with E-state index in [1.54, 1.807) is 6.07 Å². The van der Waals surface area contributed by atoms with E-state index in [9.17, 15) is 14.0 Å². The number of hydrogen-bond donors (Lipinski definition) is 1. The van der Waals surface area contributed by atoms with Gasteiger partial charge in [0.1, 0.15) is 41.0 Å². The molecule has 0 saturated carbocycles. The molecule has 9 rings (SSSR count). The molecule has 0 radical (unpaired) electrons. The molecule has 13 heteroatoms. The van der Waals surface area contributed by atoms with Gasteiger partial charge >= 0.3 is 6.01 Å². The SMILES string of the molecule is N#Cc1c(N)sc2c(F)ccc(-c3c(Cl)cc4c(N5CC6CC(C5)O6)nc(OCC56CCCN5CC(F)C6)nc4c3F)c12. The Morgan fingerprint density at radius 3 is 2.79 bits per heavy atom. The number of aromatic nitrogens is 2. The Kier molecular flexibility index (Phi) is 6.21. The summed E-state index contributed by atoms with van der Waals surface area (Å²) >= 11 is 7.71. The van der Waals surface area contributed by atoms with Crippen LogP contribution < -0.4 is 15.4 Å². The Bertz CT molecular complexity index is 1850. The second-order valence-electron chi connectivity index (χ2n) is 11.9. The highest BCUT2D eigenvalue weighted by Gasteiger charge is 2.49. The predicted molar refractivity (Wildman–Crippen MR) is 158 cm³/mol. The summed E-state index contributed by atoms with van der Waals surface area (Å²) < 4.78 is 58.1. The molecule has 5 aliphatic rings. The molecular formula is C30H26ClF3N6O2S. The van der Waals surface area contributed by atoms with Gasteiger partial charge in [-0.05, 0) is 37.1 Å². The lowest BCUT2D eigenvalue weighted by atomic mass is 9.95. The van der Waals surface area contributed by atoms with Crippen LogP contribution in [0.3, 0.4) is 0 Å². The molecule has 0 aliphatic carbocycles. The highest BCUT2D eigenvalue weighted by molar-refractivity contribution is 7.23. The summed E-state index contributed by atoms with van der Waals surface area (Å²) in [7, 11) is 0. The van der Waals surface area contributed by atoms with Crippen LogP contribution in [0.15, 0.2) is 18.2 Å². The number of benzene rings is 2. The first-order valence-electron chi connectivity index (χ1n) is 14.3. The first-order valence-corrected chi connectivity index (χ1v) is 15.5. The normalized spacial score (nSPS) is 26.6. The number of nitrogens with two attached hydrogens (primary N) is 1. The molecule has 4 atom stereocenters. The van der Waals surface area contributed by atoms with Crippen molar-refractivity contribution in [3.05, 3.63) is 40.4 Å².